The number of likely N-dealkylation sites (tertiary alicyclic amines) is 1. The van der Waals surface area contributed by atoms with E-state index in [9.17, 15) is 4.79 Å². The summed E-state index contributed by atoms with van der Waals surface area (Å²) in [4.78, 5) is 19.0. The maximum atomic E-state index is 13.5. The lowest BCUT2D eigenvalue weighted by atomic mass is 9.86. The van der Waals surface area contributed by atoms with Crippen molar-refractivity contribution in [2.75, 3.05) is 13.1 Å². The number of H-pyrrole nitrogens is 1. The minimum absolute atomic E-state index is 0.0515. The Hall–Kier alpha value is -3.33. The zero-order valence-electron chi connectivity index (χ0n) is 19.3. The highest BCUT2D eigenvalue weighted by molar-refractivity contribution is 5.86. The molecule has 0 aliphatic carbocycles. The third kappa shape index (κ3) is 4.88. The maximum absolute atomic E-state index is 13.5. The van der Waals surface area contributed by atoms with Crippen molar-refractivity contribution in [1.82, 2.24) is 9.88 Å². The minimum Gasteiger partial charge on any atom is -0.361 e. The van der Waals surface area contributed by atoms with E-state index in [1.807, 2.05) is 0 Å². The zero-order valence-corrected chi connectivity index (χ0v) is 19.3. The zero-order chi connectivity index (χ0) is 22.6. The number of carbonyl (C=O) groups excluding carboxylic acids is 1. The largest absolute Gasteiger partial charge is 0.361 e. The summed E-state index contributed by atoms with van der Waals surface area (Å²) < 4.78 is 0. The molecule has 1 N–H and O–H groups in total. The van der Waals surface area contributed by atoms with Crippen LogP contribution in [0.5, 0.6) is 0 Å². The summed E-state index contributed by atoms with van der Waals surface area (Å²) in [5, 5.41) is 1.21. The molecule has 1 unspecified atom stereocenters. The predicted molar refractivity (Wildman–Crippen MR) is 135 cm³/mol. The van der Waals surface area contributed by atoms with Gasteiger partial charge in [-0.1, -0.05) is 78.4 Å². The molecule has 3 aromatic carbocycles. The van der Waals surface area contributed by atoms with Gasteiger partial charge in [-0.25, -0.2) is 0 Å². The first kappa shape index (κ1) is 21.5. The predicted octanol–water partition coefficient (Wildman–Crippen LogP) is 6.48. The van der Waals surface area contributed by atoms with Crippen LogP contribution in [0.4, 0.5) is 0 Å². The van der Waals surface area contributed by atoms with Crippen molar-refractivity contribution in [3.05, 3.63) is 107 Å². The summed E-state index contributed by atoms with van der Waals surface area (Å²) in [6.07, 6.45) is 5.89. The maximum Gasteiger partial charge on any atom is 0.223 e. The molecule has 1 aliphatic heterocycles. The topological polar surface area (TPSA) is 36.1 Å². The average Bonchev–Trinajstić information content (AvgIpc) is 3.27. The molecule has 0 spiro atoms. The van der Waals surface area contributed by atoms with E-state index in [0.29, 0.717) is 12.3 Å². The van der Waals surface area contributed by atoms with Crippen molar-refractivity contribution in [3.63, 3.8) is 0 Å². The SMILES string of the molecule is Cc1cccc(C(CC(=O)N2CCC(Cc3ccccc3)CC2)c2c[nH]c3ccccc23)c1. The Kier molecular flexibility index (Phi) is 6.30. The average molecular weight is 437 g/mol. The van der Waals surface area contributed by atoms with E-state index in [1.165, 1.54) is 27.6 Å². The van der Waals surface area contributed by atoms with Crippen molar-refractivity contribution in [2.45, 2.75) is 38.5 Å². The Morgan fingerprint density at radius 2 is 1.73 bits per heavy atom. The van der Waals surface area contributed by atoms with Gasteiger partial charge >= 0.3 is 0 Å². The number of aromatic amines is 1. The standard InChI is InChI=1S/C30H32N2O/c1-22-8-7-11-25(18-22)27(28-21-31-29-13-6-5-12-26(28)29)20-30(33)32-16-14-24(15-17-32)19-23-9-3-2-4-10-23/h2-13,18,21,24,27,31H,14-17,19-20H2,1H3. The Morgan fingerprint density at radius 3 is 2.52 bits per heavy atom. The molecule has 168 valence electrons. The Balaban J connectivity index is 1.32. The number of hydrogen-bond donors (Lipinski definition) is 1. The first-order valence-corrected chi connectivity index (χ1v) is 12.1. The monoisotopic (exact) mass is 436 g/mol. The van der Waals surface area contributed by atoms with Gasteiger partial charge in [0.1, 0.15) is 0 Å². The van der Waals surface area contributed by atoms with Gasteiger partial charge in [-0.15, -0.1) is 0 Å². The van der Waals surface area contributed by atoms with Crippen molar-refractivity contribution in [3.8, 4) is 0 Å². The lowest BCUT2D eigenvalue weighted by Crippen LogP contribution is -2.39. The lowest BCUT2D eigenvalue weighted by Gasteiger charge is -2.33. The molecule has 0 radical (unpaired) electrons. The fourth-order valence-electron chi connectivity index (χ4n) is 5.31. The Labute approximate surface area is 196 Å². The second-order valence-electron chi connectivity index (χ2n) is 9.47. The van der Waals surface area contributed by atoms with Gasteiger partial charge in [0, 0.05) is 42.5 Å². The number of rotatable bonds is 6. The summed E-state index contributed by atoms with van der Waals surface area (Å²) in [5.41, 5.74) is 6.18. The van der Waals surface area contributed by atoms with Crippen LogP contribution in [0.1, 0.15) is 47.4 Å². The first-order valence-electron chi connectivity index (χ1n) is 12.1. The van der Waals surface area contributed by atoms with Gasteiger partial charge in [-0.05, 0) is 54.9 Å². The number of aromatic nitrogens is 1. The van der Waals surface area contributed by atoms with E-state index >= 15 is 0 Å². The lowest BCUT2D eigenvalue weighted by molar-refractivity contribution is -0.132. The highest BCUT2D eigenvalue weighted by Gasteiger charge is 2.27. The summed E-state index contributed by atoms with van der Waals surface area (Å²) in [6.45, 7) is 3.85. The molecule has 1 fully saturated rings. The molecule has 33 heavy (non-hydrogen) atoms. The van der Waals surface area contributed by atoms with Crippen LogP contribution in [0.25, 0.3) is 10.9 Å². The summed E-state index contributed by atoms with van der Waals surface area (Å²) >= 11 is 0. The molecule has 3 nitrogen and oxygen atoms in total. The number of fused-ring (bicyclic) bond motifs is 1. The molecule has 3 heteroatoms. The third-order valence-electron chi connectivity index (χ3n) is 7.15. The number of piperidine rings is 1. The van der Waals surface area contributed by atoms with Crippen molar-refractivity contribution < 1.29 is 4.79 Å². The van der Waals surface area contributed by atoms with Crippen molar-refractivity contribution in [2.24, 2.45) is 5.92 Å². The molecule has 4 aromatic rings. The number of hydrogen-bond acceptors (Lipinski definition) is 1. The molecule has 1 atom stereocenters. The number of nitrogens with one attached hydrogen (secondary N) is 1. The first-order chi connectivity index (χ1) is 16.2. The van der Waals surface area contributed by atoms with Gasteiger partial charge in [0.15, 0.2) is 0 Å². The van der Waals surface area contributed by atoms with Crippen molar-refractivity contribution in [1.29, 1.82) is 0 Å². The normalized spacial score (nSPS) is 15.6. The van der Waals surface area contributed by atoms with E-state index in [-0.39, 0.29) is 11.8 Å². The van der Waals surface area contributed by atoms with E-state index in [4.69, 9.17) is 0 Å². The number of carbonyl (C=O) groups is 1. The van der Waals surface area contributed by atoms with Crippen molar-refractivity contribution >= 4 is 16.8 Å². The number of para-hydroxylation sites is 1. The molecule has 1 saturated heterocycles. The van der Waals surface area contributed by atoms with Crippen LogP contribution in [0.15, 0.2) is 85.1 Å². The number of aryl methyl sites for hydroxylation is 1. The molecule has 5 rings (SSSR count). The van der Waals surface area contributed by atoms with Crippen LogP contribution in [-0.2, 0) is 11.2 Å². The van der Waals surface area contributed by atoms with E-state index in [2.05, 4.69) is 102 Å². The number of benzene rings is 3. The quantitative estimate of drug-likeness (QED) is 0.369. The fraction of sp³-hybridized carbons (Fsp3) is 0.300. The molecule has 2 heterocycles. The van der Waals surface area contributed by atoms with Gasteiger partial charge in [0.25, 0.3) is 0 Å². The molecular formula is C30H32N2O. The second kappa shape index (κ2) is 9.66. The fourth-order valence-corrected chi connectivity index (χ4v) is 5.31. The van der Waals surface area contributed by atoms with Crippen LogP contribution in [0, 0.1) is 12.8 Å². The van der Waals surface area contributed by atoms with Crippen LogP contribution < -0.4 is 0 Å². The molecule has 1 aliphatic rings. The van der Waals surface area contributed by atoms with E-state index < -0.39 is 0 Å². The van der Waals surface area contributed by atoms with Gasteiger partial charge in [-0.2, -0.15) is 0 Å². The van der Waals surface area contributed by atoms with Gasteiger partial charge in [-0.3, -0.25) is 4.79 Å². The molecular weight excluding hydrogens is 404 g/mol. The smallest absolute Gasteiger partial charge is 0.223 e. The third-order valence-corrected chi connectivity index (χ3v) is 7.15. The molecule has 1 amide bonds. The van der Waals surface area contributed by atoms with Crippen LogP contribution >= 0.6 is 0 Å². The van der Waals surface area contributed by atoms with Gasteiger partial charge in [0.2, 0.25) is 5.91 Å². The van der Waals surface area contributed by atoms with Crippen LogP contribution in [-0.4, -0.2) is 28.9 Å². The van der Waals surface area contributed by atoms with Gasteiger partial charge in [0.05, 0.1) is 0 Å². The summed E-state index contributed by atoms with van der Waals surface area (Å²) in [7, 11) is 0. The van der Waals surface area contributed by atoms with E-state index in [0.717, 1.165) is 37.9 Å². The summed E-state index contributed by atoms with van der Waals surface area (Å²) in [6, 6.07) is 27.7. The molecule has 0 bridgehead atoms. The molecule has 0 saturated carbocycles. The summed E-state index contributed by atoms with van der Waals surface area (Å²) in [5.74, 6) is 0.984. The minimum atomic E-state index is 0.0515. The van der Waals surface area contributed by atoms with Crippen LogP contribution in [0.2, 0.25) is 0 Å². The Morgan fingerprint density at radius 1 is 0.970 bits per heavy atom. The highest BCUT2D eigenvalue weighted by Crippen LogP contribution is 2.35. The van der Waals surface area contributed by atoms with E-state index in [1.54, 1.807) is 0 Å². The number of amides is 1. The second-order valence-corrected chi connectivity index (χ2v) is 9.47. The Bertz CT molecular complexity index is 1220. The molecule has 1 aromatic heterocycles. The van der Waals surface area contributed by atoms with Crippen LogP contribution in [0.3, 0.4) is 0 Å². The van der Waals surface area contributed by atoms with Gasteiger partial charge < -0.3 is 9.88 Å². The highest BCUT2D eigenvalue weighted by atomic mass is 16.2. The number of nitrogens with zero attached hydrogens (tertiary/aromatic N) is 1.